The second kappa shape index (κ2) is 10.3. The van der Waals surface area contributed by atoms with Crippen molar-refractivity contribution in [2.45, 2.75) is 0 Å². The molecule has 10 rings (SSSR count). The summed E-state index contributed by atoms with van der Waals surface area (Å²) in [6.07, 6.45) is 0. The fourth-order valence-electron chi connectivity index (χ4n) is 7.25. The lowest BCUT2D eigenvalue weighted by Gasteiger charge is -2.27. The van der Waals surface area contributed by atoms with Crippen LogP contribution in [0, 0.1) is 0 Å². The Hall–Kier alpha value is -5.90. The first-order valence-corrected chi connectivity index (χ1v) is 16.7. The number of rotatable bonds is 4. The maximum absolute atomic E-state index is 6.44. The molecule has 0 N–H and O–H groups in total. The number of thiophene rings is 1. The molecule has 0 atom stereocenters. The number of anilines is 3. The Balaban J connectivity index is 1.30. The third kappa shape index (κ3) is 4.10. The van der Waals surface area contributed by atoms with Crippen LogP contribution in [-0.4, -0.2) is 0 Å². The first kappa shape index (κ1) is 26.3. The summed E-state index contributed by atoms with van der Waals surface area (Å²) in [6, 6.07) is 59.1. The van der Waals surface area contributed by atoms with Crippen molar-refractivity contribution >= 4 is 92.1 Å². The number of hydrogen-bond acceptors (Lipinski definition) is 3. The largest absolute Gasteiger partial charge is 0.456 e. The minimum atomic E-state index is 0.882. The van der Waals surface area contributed by atoms with Crippen molar-refractivity contribution in [2.75, 3.05) is 4.90 Å². The van der Waals surface area contributed by atoms with Crippen molar-refractivity contribution in [2.24, 2.45) is 0 Å². The Kier molecular flexibility index (Phi) is 5.78. The van der Waals surface area contributed by atoms with Gasteiger partial charge in [-0.15, -0.1) is 11.3 Å². The molecule has 0 spiro atoms. The Morgan fingerprint density at radius 1 is 0.447 bits per heavy atom. The molecule has 47 heavy (non-hydrogen) atoms. The molecule has 0 aliphatic rings. The van der Waals surface area contributed by atoms with E-state index < -0.39 is 0 Å². The van der Waals surface area contributed by atoms with Gasteiger partial charge in [-0.3, -0.25) is 0 Å². The van der Waals surface area contributed by atoms with Crippen LogP contribution in [0.2, 0.25) is 0 Å². The molecule has 2 nitrogen and oxygen atoms in total. The van der Waals surface area contributed by atoms with Gasteiger partial charge in [-0.2, -0.15) is 0 Å². The third-order valence-corrected chi connectivity index (χ3v) is 10.6. The van der Waals surface area contributed by atoms with E-state index in [1.54, 1.807) is 0 Å². The van der Waals surface area contributed by atoms with E-state index in [1.165, 1.54) is 52.8 Å². The van der Waals surface area contributed by atoms with Crippen LogP contribution in [0.25, 0.3) is 74.8 Å². The van der Waals surface area contributed by atoms with E-state index in [0.717, 1.165) is 39.0 Å². The lowest BCUT2D eigenvalue weighted by molar-refractivity contribution is 0.669. The molecule has 8 aromatic carbocycles. The maximum atomic E-state index is 6.44. The maximum Gasteiger partial charge on any atom is 0.137 e. The number of fused-ring (bicyclic) bond motifs is 9. The van der Waals surface area contributed by atoms with Crippen LogP contribution in [-0.2, 0) is 0 Å². The van der Waals surface area contributed by atoms with Crippen molar-refractivity contribution < 1.29 is 4.42 Å². The normalized spacial score (nSPS) is 11.8. The molecule has 0 saturated carbocycles. The Labute approximate surface area is 275 Å². The third-order valence-electron chi connectivity index (χ3n) is 9.44. The Morgan fingerprint density at radius 3 is 2.00 bits per heavy atom. The molecule has 0 aliphatic carbocycles. The molecule has 10 aromatic rings. The summed E-state index contributed by atoms with van der Waals surface area (Å²) in [7, 11) is 0. The molecule has 0 radical (unpaired) electrons. The molecule has 2 aromatic heterocycles. The summed E-state index contributed by atoms with van der Waals surface area (Å²) in [5.41, 5.74) is 7.57. The number of para-hydroxylation sites is 1. The minimum absolute atomic E-state index is 0.882. The van der Waals surface area contributed by atoms with E-state index in [9.17, 15) is 0 Å². The number of benzene rings is 8. The highest BCUT2D eigenvalue weighted by Gasteiger charge is 2.22. The van der Waals surface area contributed by atoms with Crippen molar-refractivity contribution in [1.82, 2.24) is 0 Å². The second-order valence-corrected chi connectivity index (χ2v) is 13.2. The van der Waals surface area contributed by atoms with Crippen LogP contribution in [0.5, 0.6) is 0 Å². The van der Waals surface area contributed by atoms with Crippen molar-refractivity contribution in [3.8, 4) is 11.1 Å². The Bertz CT molecular complexity index is 2810. The molecular weight excluding hydrogens is 591 g/mol. The molecule has 0 saturated heterocycles. The molecular formula is C44H27NOS. The van der Waals surface area contributed by atoms with Gasteiger partial charge in [0.1, 0.15) is 11.2 Å². The first-order chi connectivity index (χ1) is 23.3. The molecule has 0 bridgehead atoms. The van der Waals surface area contributed by atoms with E-state index in [0.29, 0.717) is 0 Å². The van der Waals surface area contributed by atoms with Crippen LogP contribution < -0.4 is 4.90 Å². The molecule has 0 fully saturated rings. The van der Waals surface area contributed by atoms with Crippen LogP contribution >= 0.6 is 11.3 Å². The van der Waals surface area contributed by atoms with E-state index in [-0.39, 0.29) is 0 Å². The van der Waals surface area contributed by atoms with Gasteiger partial charge in [0, 0.05) is 48.4 Å². The summed E-state index contributed by atoms with van der Waals surface area (Å²) >= 11 is 1.87. The number of hydrogen-bond donors (Lipinski definition) is 0. The van der Waals surface area contributed by atoms with Crippen LogP contribution in [0.3, 0.4) is 0 Å². The van der Waals surface area contributed by atoms with Gasteiger partial charge in [-0.1, -0.05) is 115 Å². The highest BCUT2D eigenvalue weighted by atomic mass is 32.1. The van der Waals surface area contributed by atoms with Gasteiger partial charge in [0.05, 0.1) is 5.69 Å². The zero-order chi connectivity index (χ0) is 30.9. The predicted molar refractivity (Wildman–Crippen MR) is 202 cm³/mol. The topological polar surface area (TPSA) is 16.4 Å². The van der Waals surface area contributed by atoms with E-state index in [1.807, 2.05) is 23.5 Å². The van der Waals surface area contributed by atoms with Crippen molar-refractivity contribution in [1.29, 1.82) is 0 Å². The molecule has 220 valence electrons. The molecule has 0 aliphatic heterocycles. The Morgan fingerprint density at radius 2 is 1.11 bits per heavy atom. The number of furan rings is 1. The molecule has 3 heteroatoms. The summed E-state index contributed by atoms with van der Waals surface area (Å²) in [4.78, 5) is 2.42. The quantitative estimate of drug-likeness (QED) is 0.183. The second-order valence-electron chi connectivity index (χ2n) is 12.1. The molecule has 0 amide bonds. The lowest BCUT2D eigenvalue weighted by atomic mass is 9.99. The van der Waals surface area contributed by atoms with Crippen molar-refractivity contribution in [3.63, 3.8) is 0 Å². The SMILES string of the molecule is c1ccc(-c2ccc(N(c3ccc4c(c3)oc3ccccc34)c3ccc4ccc5ccccc5c4c3)c3c2sc2ccccc23)cc1. The number of nitrogens with zero attached hydrogens (tertiary/aromatic N) is 1. The molecule has 2 heterocycles. The lowest BCUT2D eigenvalue weighted by Crippen LogP contribution is -2.10. The van der Waals surface area contributed by atoms with E-state index >= 15 is 0 Å². The minimum Gasteiger partial charge on any atom is -0.456 e. The summed E-state index contributed by atoms with van der Waals surface area (Å²) < 4.78 is 9.01. The van der Waals surface area contributed by atoms with E-state index in [4.69, 9.17) is 4.42 Å². The van der Waals surface area contributed by atoms with Gasteiger partial charge >= 0.3 is 0 Å². The zero-order valence-corrected chi connectivity index (χ0v) is 26.2. The standard InChI is InChI=1S/C44H27NOS/c1-2-10-28(11-3-1)34-24-25-39(43-37-15-7-9-17-42(37)47-44(34)43)45(32-22-23-36-35-14-6-8-16-40(35)46-41(36)27-32)31-21-20-30-19-18-29-12-4-5-13-33(29)38(30)26-31/h1-27H. The van der Waals surface area contributed by atoms with Gasteiger partial charge in [0.25, 0.3) is 0 Å². The van der Waals surface area contributed by atoms with Gasteiger partial charge in [-0.05, 0) is 75.1 Å². The average Bonchev–Trinajstić information content (AvgIpc) is 3.71. The zero-order valence-electron chi connectivity index (χ0n) is 25.4. The molecule has 0 unspecified atom stereocenters. The average molecular weight is 618 g/mol. The van der Waals surface area contributed by atoms with Crippen LogP contribution in [0.4, 0.5) is 17.1 Å². The van der Waals surface area contributed by atoms with E-state index in [2.05, 4.69) is 157 Å². The predicted octanol–water partition coefficient (Wildman–Crippen LogP) is 13.4. The van der Waals surface area contributed by atoms with Gasteiger partial charge < -0.3 is 9.32 Å². The monoisotopic (exact) mass is 617 g/mol. The van der Waals surface area contributed by atoms with Gasteiger partial charge in [0.15, 0.2) is 0 Å². The summed E-state index contributed by atoms with van der Waals surface area (Å²) in [5, 5.41) is 9.75. The van der Waals surface area contributed by atoms with Crippen LogP contribution in [0.15, 0.2) is 168 Å². The van der Waals surface area contributed by atoms with Gasteiger partial charge in [0.2, 0.25) is 0 Å². The first-order valence-electron chi connectivity index (χ1n) is 15.9. The van der Waals surface area contributed by atoms with Crippen LogP contribution in [0.1, 0.15) is 0 Å². The highest BCUT2D eigenvalue weighted by molar-refractivity contribution is 7.26. The fourth-order valence-corrected chi connectivity index (χ4v) is 8.51. The van der Waals surface area contributed by atoms with Crippen molar-refractivity contribution in [3.05, 3.63) is 164 Å². The fraction of sp³-hybridized carbons (Fsp3) is 0. The van der Waals surface area contributed by atoms with Gasteiger partial charge in [-0.25, -0.2) is 0 Å². The highest BCUT2D eigenvalue weighted by Crippen LogP contribution is 2.49. The summed E-state index contributed by atoms with van der Waals surface area (Å²) in [6.45, 7) is 0. The smallest absolute Gasteiger partial charge is 0.137 e. The summed E-state index contributed by atoms with van der Waals surface area (Å²) in [5.74, 6) is 0.